The molecule has 0 saturated carbocycles. The number of rotatable bonds is 7. The summed E-state index contributed by atoms with van der Waals surface area (Å²) in [4.78, 5) is 18.8. The van der Waals surface area contributed by atoms with Gasteiger partial charge in [-0.1, -0.05) is 42.5 Å². The van der Waals surface area contributed by atoms with Gasteiger partial charge < -0.3 is 9.72 Å². The standard InChI is InChI=1S/C26H21N7OS/c34-26(29-20-13-27-32(16-20)17-21-15-31-11-5-4-10-24(31)28-21)22-18-33(14-19-7-2-1-3-8-19)30-25(22)23-9-6-12-35-23/h1-13,15-16,18H,14,17H2,(H,29,34). The Morgan fingerprint density at radius 1 is 0.914 bits per heavy atom. The van der Waals surface area contributed by atoms with E-state index in [0.29, 0.717) is 30.0 Å². The number of anilines is 1. The van der Waals surface area contributed by atoms with Crippen LogP contribution in [0.4, 0.5) is 5.69 Å². The molecule has 0 saturated heterocycles. The lowest BCUT2D eigenvalue weighted by molar-refractivity contribution is 0.102. The van der Waals surface area contributed by atoms with Crippen molar-refractivity contribution in [2.75, 3.05) is 5.32 Å². The van der Waals surface area contributed by atoms with Gasteiger partial charge in [-0.05, 0) is 29.1 Å². The molecule has 9 heteroatoms. The van der Waals surface area contributed by atoms with E-state index in [2.05, 4.69) is 15.4 Å². The molecular formula is C26H21N7OS. The molecule has 8 nitrogen and oxygen atoms in total. The smallest absolute Gasteiger partial charge is 0.259 e. The van der Waals surface area contributed by atoms with Crippen LogP contribution < -0.4 is 5.32 Å². The molecule has 5 aromatic heterocycles. The average molecular weight is 480 g/mol. The number of carbonyl (C=O) groups is 1. The first kappa shape index (κ1) is 21.1. The largest absolute Gasteiger partial charge is 0.319 e. The zero-order chi connectivity index (χ0) is 23.6. The van der Waals surface area contributed by atoms with Crippen molar-refractivity contribution in [3.05, 3.63) is 114 Å². The van der Waals surface area contributed by atoms with Crippen LogP contribution in [0.1, 0.15) is 21.6 Å². The molecule has 0 aliphatic rings. The van der Waals surface area contributed by atoms with E-state index in [-0.39, 0.29) is 5.91 Å². The number of thiophene rings is 1. The number of amides is 1. The molecule has 0 unspecified atom stereocenters. The van der Waals surface area contributed by atoms with Crippen molar-refractivity contribution in [2.24, 2.45) is 0 Å². The number of hydrogen-bond acceptors (Lipinski definition) is 5. The zero-order valence-corrected chi connectivity index (χ0v) is 19.5. The van der Waals surface area contributed by atoms with Crippen molar-refractivity contribution in [1.82, 2.24) is 28.9 Å². The fraction of sp³-hybridized carbons (Fsp3) is 0.0769. The van der Waals surface area contributed by atoms with Crippen molar-refractivity contribution in [3.8, 4) is 10.6 Å². The van der Waals surface area contributed by atoms with E-state index in [0.717, 1.165) is 21.8 Å². The van der Waals surface area contributed by atoms with Crippen LogP contribution in [0.15, 0.2) is 97.0 Å². The van der Waals surface area contributed by atoms with Crippen molar-refractivity contribution in [3.63, 3.8) is 0 Å². The van der Waals surface area contributed by atoms with Gasteiger partial charge in [-0.25, -0.2) is 4.98 Å². The zero-order valence-electron chi connectivity index (χ0n) is 18.7. The van der Waals surface area contributed by atoms with Gasteiger partial charge in [-0.2, -0.15) is 10.2 Å². The third-order valence-corrected chi connectivity index (χ3v) is 6.45. The number of nitrogens with zero attached hydrogens (tertiary/aromatic N) is 6. The van der Waals surface area contributed by atoms with Gasteiger partial charge in [-0.15, -0.1) is 11.3 Å². The summed E-state index contributed by atoms with van der Waals surface area (Å²) in [5.74, 6) is -0.222. The minimum Gasteiger partial charge on any atom is -0.319 e. The first-order chi connectivity index (χ1) is 17.2. The van der Waals surface area contributed by atoms with Gasteiger partial charge in [0, 0.05) is 24.8 Å². The summed E-state index contributed by atoms with van der Waals surface area (Å²) in [5.41, 5.74) is 4.71. The Bertz CT molecular complexity index is 1560. The molecule has 0 radical (unpaired) electrons. The molecule has 35 heavy (non-hydrogen) atoms. The number of nitrogens with one attached hydrogen (secondary N) is 1. The maximum atomic E-state index is 13.3. The monoisotopic (exact) mass is 479 g/mol. The van der Waals surface area contributed by atoms with Gasteiger partial charge in [0.2, 0.25) is 0 Å². The van der Waals surface area contributed by atoms with Crippen LogP contribution in [0, 0.1) is 0 Å². The highest BCUT2D eigenvalue weighted by Crippen LogP contribution is 2.27. The Kier molecular flexibility index (Phi) is 5.44. The number of imidazole rings is 1. The van der Waals surface area contributed by atoms with Crippen LogP contribution in [0.5, 0.6) is 0 Å². The molecule has 1 amide bonds. The molecule has 0 atom stereocenters. The summed E-state index contributed by atoms with van der Waals surface area (Å²) in [6.45, 7) is 1.09. The fourth-order valence-corrected chi connectivity index (χ4v) is 4.70. The molecule has 5 heterocycles. The topological polar surface area (TPSA) is 82.0 Å². The third kappa shape index (κ3) is 4.49. The summed E-state index contributed by atoms with van der Waals surface area (Å²) in [5, 5.41) is 14.1. The van der Waals surface area contributed by atoms with E-state index in [1.165, 1.54) is 0 Å². The minimum atomic E-state index is -0.222. The van der Waals surface area contributed by atoms with E-state index < -0.39 is 0 Å². The van der Waals surface area contributed by atoms with Crippen LogP contribution in [-0.2, 0) is 13.1 Å². The molecule has 172 valence electrons. The van der Waals surface area contributed by atoms with Crippen LogP contribution in [0.25, 0.3) is 16.2 Å². The molecule has 0 bridgehead atoms. The highest BCUT2D eigenvalue weighted by atomic mass is 32.1. The van der Waals surface area contributed by atoms with Gasteiger partial charge in [0.15, 0.2) is 0 Å². The lowest BCUT2D eigenvalue weighted by Gasteiger charge is -2.02. The van der Waals surface area contributed by atoms with Crippen molar-refractivity contribution in [2.45, 2.75) is 13.1 Å². The Balaban J connectivity index is 1.22. The number of fused-ring (bicyclic) bond motifs is 1. The summed E-state index contributed by atoms with van der Waals surface area (Å²) >= 11 is 1.56. The summed E-state index contributed by atoms with van der Waals surface area (Å²) in [6, 6.07) is 19.9. The summed E-state index contributed by atoms with van der Waals surface area (Å²) in [7, 11) is 0. The molecule has 0 aliphatic carbocycles. The van der Waals surface area contributed by atoms with Crippen LogP contribution in [0.3, 0.4) is 0 Å². The number of aromatic nitrogens is 6. The van der Waals surface area contributed by atoms with E-state index >= 15 is 0 Å². The normalized spacial score (nSPS) is 11.2. The molecular weight excluding hydrogens is 458 g/mol. The predicted octanol–water partition coefficient (Wildman–Crippen LogP) is 4.80. The minimum absolute atomic E-state index is 0.222. The SMILES string of the molecule is O=C(Nc1cnn(Cc2cn3ccccc3n2)c1)c1cn(Cc2ccccc2)nc1-c1cccs1. The van der Waals surface area contributed by atoms with Crippen LogP contribution in [-0.4, -0.2) is 34.9 Å². The number of pyridine rings is 1. The van der Waals surface area contributed by atoms with Gasteiger partial charge in [0.1, 0.15) is 11.3 Å². The third-order valence-electron chi connectivity index (χ3n) is 5.58. The second-order valence-corrected chi connectivity index (χ2v) is 9.08. The van der Waals surface area contributed by atoms with E-state index in [9.17, 15) is 4.79 Å². The summed E-state index contributed by atoms with van der Waals surface area (Å²) in [6.07, 6.45) is 9.19. The first-order valence-corrected chi connectivity index (χ1v) is 12.0. The highest BCUT2D eigenvalue weighted by Gasteiger charge is 2.19. The number of benzene rings is 1. The van der Waals surface area contributed by atoms with Crippen LogP contribution >= 0.6 is 11.3 Å². The number of carbonyl (C=O) groups excluding carboxylic acids is 1. The molecule has 0 fully saturated rings. The Hall–Kier alpha value is -4.50. The Morgan fingerprint density at radius 2 is 1.80 bits per heavy atom. The second kappa shape index (κ2) is 9.03. The lowest BCUT2D eigenvalue weighted by atomic mass is 10.2. The van der Waals surface area contributed by atoms with Gasteiger partial charge >= 0.3 is 0 Å². The molecule has 0 spiro atoms. The van der Waals surface area contributed by atoms with Crippen molar-refractivity contribution in [1.29, 1.82) is 0 Å². The van der Waals surface area contributed by atoms with E-state index in [1.807, 2.05) is 87.5 Å². The van der Waals surface area contributed by atoms with Crippen molar-refractivity contribution >= 4 is 28.6 Å². The molecule has 6 rings (SSSR count). The highest BCUT2D eigenvalue weighted by molar-refractivity contribution is 7.13. The van der Waals surface area contributed by atoms with Crippen LogP contribution in [0.2, 0.25) is 0 Å². The maximum absolute atomic E-state index is 13.3. The van der Waals surface area contributed by atoms with Crippen molar-refractivity contribution < 1.29 is 4.79 Å². The van der Waals surface area contributed by atoms with Gasteiger partial charge in [0.25, 0.3) is 5.91 Å². The molecule has 1 aromatic carbocycles. The fourth-order valence-electron chi connectivity index (χ4n) is 3.98. The Morgan fingerprint density at radius 3 is 2.63 bits per heavy atom. The van der Waals surface area contributed by atoms with Gasteiger partial charge in [-0.3, -0.25) is 14.2 Å². The van der Waals surface area contributed by atoms with E-state index in [4.69, 9.17) is 5.10 Å². The molecule has 6 aromatic rings. The molecule has 0 aliphatic heterocycles. The van der Waals surface area contributed by atoms with E-state index in [1.54, 1.807) is 34.6 Å². The predicted molar refractivity (Wildman–Crippen MR) is 136 cm³/mol. The molecule has 1 N–H and O–H groups in total. The average Bonchev–Trinajstić information content (AvgIpc) is 3.66. The Labute approximate surface area is 205 Å². The lowest BCUT2D eigenvalue weighted by Crippen LogP contribution is -2.12. The first-order valence-electron chi connectivity index (χ1n) is 11.1. The van der Waals surface area contributed by atoms with Gasteiger partial charge in [0.05, 0.1) is 41.1 Å². The summed E-state index contributed by atoms with van der Waals surface area (Å²) < 4.78 is 5.54. The second-order valence-electron chi connectivity index (χ2n) is 8.13. The maximum Gasteiger partial charge on any atom is 0.259 e. The number of hydrogen-bond donors (Lipinski definition) is 1. The quantitative estimate of drug-likeness (QED) is 0.356.